The quantitative estimate of drug-likeness (QED) is 0.506. The summed E-state index contributed by atoms with van der Waals surface area (Å²) in [7, 11) is 1.93. The molecule has 0 unspecified atom stereocenters. The van der Waals surface area contributed by atoms with Gasteiger partial charge in [0.15, 0.2) is 0 Å². The Hall–Kier alpha value is -1.27. The maximum Gasteiger partial charge on any atom is 0.103 e. The molecule has 0 saturated carbocycles. The number of rotatable bonds is 1. The first-order valence-electron chi connectivity index (χ1n) is 2.69. The van der Waals surface area contributed by atoms with Crippen LogP contribution in [-0.2, 0) is 0 Å². The number of likely N-dealkylation sites (N-methyl/N-ethyl adjacent to an activating group) is 1. The van der Waals surface area contributed by atoms with Crippen LogP contribution in [0.25, 0.3) is 0 Å². The van der Waals surface area contributed by atoms with E-state index in [4.69, 9.17) is 0 Å². The summed E-state index contributed by atoms with van der Waals surface area (Å²) < 4.78 is 0. The van der Waals surface area contributed by atoms with Gasteiger partial charge in [0.25, 0.3) is 0 Å². The molecule has 0 N–H and O–H groups in total. The summed E-state index contributed by atoms with van der Waals surface area (Å²) >= 11 is 0. The molecule has 1 rings (SSSR count). The van der Waals surface area contributed by atoms with E-state index in [1.807, 2.05) is 18.1 Å². The van der Waals surface area contributed by atoms with Gasteiger partial charge in [-0.25, -0.2) is 4.99 Å². The average Bonchev–Trinajstić information content (AvgIpc) is 1.89. The molecular formula is C7H8N2. The van der Waals surface area contributed by atoms with Crippen LogP contribution in [-0.4, -0.2) is 17.8 Å². The van der Waals surface area contributed by atoms with Crippen molar-refractivity contribution in [2.75, 3.05) is 7.05 Å². The lowest BCUT2D eigenvalue weighted by atomic mass is 10.4. The fraction of sp³-hybridized carbons (Fsp3) is 0.143. The molecule has 1 aliphatic heterocycles. The molecule has 0 saturated heterocycles. The Morgan fingerprint density at radius 2 is 2.67 bits per heavy atom. The molecule has 0 amide bonds. The van der Waals surface area contributed by atoms with Gasteiger partial charge in [0, 0.05) is 19.1 Å². The predicted molar refractivity (Wildman–Crippen MR) is 38.0 cm³/mol. The lowest BCUT2D eigenvalue weighted by molar-refractivity contribution is 0.592. The molecule has 0 spiro atoms. The summed E-state index contributed by atoms with van der Waals surface area (Å²) in [4.78, 5) is 5.70. The fourth-order valence-corrected chi connectivity index (χ4v) is 0.586. The molecule has 0 fully saturated rings. The first-order valence-corrected chi connectivity index (χ1v) is 2.69. The summed E-state index contributed by atoms with van der Waals surface area (Å²) in [5.41, 5.74) is 0.900. The summed E-state index contributed by atoms with van der Waals surface area (Å²) in [6, 6.07) is 0. The molecule has 0 bridgehead atoms. The number of hydrogen-bond acceptors (Lipinski definition) is 2. The van der Waals surface area contributed by atoms with Crippen LogP contribution < -0.4 is 0 Å². The Labute approximate surface area is 54.5 Å². The van der Waals surface area contributed by atoms with Gasteiger partial charge in [0.05, 0.1) is 6.20 Å². The third-order valence-corrected chi connectivity index (χ3v) is 1.12. The van der Waals surface area contributed by atoms with Gasteiger partial charge in [-0.05, 0) is 6.08 Å². The summed E-state index contributed by atoms with van der Waals surface area (Å²) in [6.07, 6.45) is 5.26. The Morgan fingerprint density at radius 3 is 3.11 bits per heavy atom. The van der Waals surface area contributed by atoms with Gasteiger partial charge < -0.3 is 4.90 Å². The zero-order valence-electron chi connectivity index (χ0n) is 5.33. The van der Waals surface area contributed by atoms with Gasteiger partial charge in [0.2, 0.25) is 0 Å². The minimum atomic E-state index is 0.900. The maximum absolute atomic E-state index is 3.80. The van der Waals surface area contributed by atoms with E-state index in [0.29, 0.717) is 0 Å². The molecule has 0 aromatic rings. The number of hydrogen-bond donors (Lipinski definition) is 0. The monoisotopic (exact) mass is 120 g/mol. The molecule has 2 heteroatoms. The average molecular weight is 120 g/mol. The first kappa shape index (κ1) is 5.86. The largest absolute Gasteiger partial charge is 0.342 e. The van der Waals surface area contributed by atoms with Crippen molar-refractivity contribution in [3.05, 3.63) is 30.8 Å². The molecule has 1 aliphatic rings. The van der Waals surface area contributed by atoms with Gasteiger partial charge in [-0.1, -0.05) is 6.58 Å². The number of aliphatic imine (C=N–C) groups is 1. The van der Waals surface area contributed by atoms with Crippen molar-refractivity contribution in [3.8, 4) is 0 Å². The van der Waals surface area contributed by atoms with E-state index in [1.54, 1.807) is 12.3 Å². The Morgan fingerprint density at radius 1 is 1.89 bits per heavy atom. The molecule has 0 aromatic carbocycles. The molecular weight excluding hydrogens is 112 g/mol. The van der Waals surface area contributed by atoms with Crippen molar-refractivity contribution >= 4 is 5.87 Å². The highest BCUT2D eigenvalue weighted by atomic mass is 15.1. The van der Waals surface area contributed by atoms with E-state index < -0.39 is 0 Å². The minimum Gasteiger partial charge on any atom is -0.342 e. The maximum atomic E-state index is 3.80. The van der Waals surface area contributed by atoms with Gasteiger partial charge in [-0.15, -0.1) is 0 Å². The van der Waals surface area contributed by atoms with E-state index in [2.05, 4.69) is 17.4 Å². The van der Waals surface area contributed by atoms with Crippen LogP contribution in [0.5, 0.6) is 0 Å². The highest BCUT2D eigenvalue weighted by Crippen LogP contribution is 2.01. The second-order valence-electron chi connectivity index (χ2n) is 1.74. The van der Waals surface area contributed by atoms with Crippen LogP contribution in [0.2, 0.25) is 0 Å². The molecule has 1 heterocycles. The summed E-state index contributed by atoms with van der Waals surface area (Å²) in [6.45, 7) is 3.60. The normalized spacial score (nSPS) is 15.7. The van der Waals surface area contributed by atoms with Crippen molar-refractivity contribution in [1.82, 2.24) is 4.90 Å². The summed E-state index contributed by atoms with van der Waals surface area (Å²) in [5.74, 6) is 2.78. The van der Waals surface area contributed by atoms with E-state index in [1.165, 1.54) is 0 Å². The van der Waals surface area contributed by atoms with Crippen LogP contribution in [0.4, 0.5) is 0 Å². The van der Waals surface area contributed by atoms with Crippen molar-refractivity contribution in [2.45, 2.75) is 0 Å². The third kappa shape index (κ3) is 1.09. The second-order valence-corrected chi connectivity index (χ2v) is 1.74. The fourth-order valence-electron chi connectivity index (χ4n) is 0.586. The van der Waals surface area contributed by atoms with Gasteiger partial charge in [-0.3, -0.25) is 0 Å². The van der Waals surface area contributed by atoms with Crippen LogP contribution in [0.1, 0.15) is 0 Å². The van der Waals surface area contributed by atoms with Gasteiger partial charge >= 0.3 is 0 Å². The Bertz CT molecular complexity index is 207. The van der Waals surface area contributed by atoms with Crippen molar-refractivity contribution in [2.24, 2.45) is 4.99 Å². The van der Waals surface area contributed by atoms with Crippen LogP contribution in [0, 0.1) is 0 Å². The molecule has 0 aliphatic carbocycles. The number of nitrogens with zero attached hydrogens (tertiary/aromatic N) is 2. The molecule has 9 heavy (non-hydrogen) atoms. The highest BCUT2D eigenvalue weighted by Gasteiger charge is 1.95. The predicted octanol–water partition coefficient (Wildman–Crippen LogP) is 1.14. The lowest BCUT2D eigenvalue weighted by Gasteiger charge is -2.12. The zero-order chi connectivity index (χ0) is 6.69. The molecule has 0 aromatic heterocycles. The van der Waals surface area contributed by atoms with E-state index in [9.17, 15) is 0 Å². The Kier molecular flexibility index (Phi) is 1.52. The van der Waals surface area contributed by atoms with Gasteiger partial charge in [-0.2, -0.15) is 0 Å². The van der Waals surface area contributed by atoms with Crippen LogP contribution >= 0.6 is 0 Å². The van der Waals surface area contributed by atoms with Crippen molar-refractivity contribution in [1.29, 1.82) is 0 Å². The first-order chi connectivity index (χ1) is 4.34. The standard InChI is InChI=1S/C7H8N2/c1-3-7-6-8-4-5-9(7)2/h3-5H,1H2,2H3. The molecule has 46 valence electrons. The zero-order valence-corrected chi connectivity index (χ0v) is 5.33. The van der Waals surface area contributed by atoms with Crippen LogP contribution in [0.3, 0.4) is 0 Å². The minimum absolute atomic E-state index is 0.900. The molecule has 0 atom stereocenters. The topological polar surface area (TPSA) is 15.6 Å². The third-order valence-electron chi connectivity index (χ3n) is 1.12. The lowest BCUT2D eigenvalue weighted by Crippen LogP contribution is -2.09. The van der Waals surface area contributed by atoms with E-state index >= 15 is 0 Å². The second kappa shape index (κ2) is 2.33. The SMILES string of the molecule is C=CC1=C=NC=CN1C. The van der Waals surface area contributed by atoms with Gasteiger partial charge in [0.1, 0.15) is 5.70 Å². The Balaban J connectivity index is 2.94. The van der Waals surface area contributed by atoms with E-state index in [0.717, 1.165) is 5.70 Å². The molecule has 0 radical (unpaired) electrons. The van der Waals surface area contributed by atoms with Crippen LogP contribution in [0.15, 0.2) is 35.7 Å². The van der Waals surface area contributed by atoms with Crippen molar-refractivity contribution < 1.29 is 0 Å². The smallest absolute Gasteiger partial charge is 0.103 e. The summed E-state index contributed by atoms with van der Waals surface area (Å²) in [5, 5.41) is 0. The number of allylic oxidation sites excluding steroid dienone is 1. The molecule has 2 nitrogen and oxygen atoms in total. The van der Waals surface area contributed by atoms with Crippen molar-refractivity contribution in [3.63, 3.8) is 0 Å². The van der Waals surface area contributed by atoms with E-state index in [-0.39, 0.29) is 0 Å². The highest BCUT2D eigenvalue weighted by molar-refractivity contribution is 5.62.